The van der Waals surface area contributed by atoms with Gasteiger partial charge in [0.2, 0.25) is 29.4 Å². The van der Waals surface area contributed by atoms with Crippen molar-refractivity contribution in [1.82, 2.24) is 31.1 Å². The number of nitrogens with zero attached hydrogens (tertiary/aromatic N) is 2. The van der Waals surface area contributed by atoms with Crippen LogP contribution in [0.15, 0.2) is 12.7 Å². The second-order valence-electron chi connectivity index (χ2n) is 18.8. The van der Waals surface area contributed by atoms with Gasteiger partial charge >= 0.3 is 6.03 Å². The summed E-state index contributed by atoms with van der Waals surface area (Å²) in [6.45, 7) is 19.8. The van der Waals surface area contributed by atoms with Crippen molar-refractivity contribution in [2.75, 3.05) is 19.6 Å². The fraction of sp³-hybridized carbons (Fsp3) is 0.780. The summed E-state index contributed by atoms with van der Waals surface area (Å²) in [5.74, 6) is -3.14. The highest BCUT2D eigenvalue weighted by Crippen LogP contribution is 2.53. The van der Waals surface area contributed by atoms with E-state index in [9.17, 15) is 33.6 Å². The zero-order valence-electron chi connectivity index (χ0n) is 34.0. The zero-order chi connectivity index (χ0) is 40.2. The van der Waals surface area contributed by atoms with Gasteiger partial charge in [0.05, 0.1) is 12.1 Å². The fourth-order valence-corrected chi connectivity index (χ4v) is 9.11. The summed E-state index contributed by atoms with van der Waals surface area (Å²) in [5, 5.41) is 11.4. The normalized spacial score (nSPS) is 25.6. The number of piperidine rings is 1. The molecule has 2 saturated carbocycles. The van der Waals surface area contributed by atoms with Gasteiger partial charge in [0.1, 0.15) is 12.1 Å². The van der Waals surface area contributed by atoms with E-state index < -0.39 is 58.6 Å². The lowest BCUT2D eigenvalue weighted by molar-refractivity contribution is -0.153. The average molecular weight is 755 g/mol. The van der Waals surface area contributed by atoms with Gasteiger partial charge in [-0.3, -0.25) is 33.7 Å². The molecule has 6 atom stereocenters. The average Bonchev–Trinajstić information content (AvgIpc) is 3.62. The van der Waals surface area contributed by atoms with E-state index in [0.29, 0.717) is 13.0 Å². The van der Waals surface area contributed by atoms with Gasteiger partial charge in [-0.15, -0.1) is 6.58 Å². The molecule has 2 heterocycles. The van der Waals surface area contributed by atoms with Gasteiger partial charge in [-0.1, -0.05) is 87.1 Å². The standard InChI is InChI=1S/C41H66N6O7/c1-10-15-28(34(50)36(52)42-20-11-2)43-35(51)33-26-18-19-41(8,9)27(26)23-47(33)37(53)32(25-16-13-12-14-17-25)45-38(54)44-29(39(3,4)5)24-46-30(48)21-40(6,7)22-31(46)49/h11,25-29,32-33H,2,10,12-24H2,1,3-9H3,(H,42,52)(H,43,51)(H2,44,45,54)/t26-,27-,28?,29+,32-,33-/m0/s1. The summed E-state index contributed by atoms with van der Waals surface area (Å²) in [6.07, 6.45) is 8.70. The van der Waals surface area contributed by atoms with Crippen molar-refractivity contribution in [3.63, 3.8) is 0 Å². The second-order valence-corrected chi connectivity index (χ2v) is 18.8. The second kappa shape index (κ2) is 17.4. The summed E-state index contributed by atoms with van der Waals surface area (Å²) in [4.78, 5) is 98.1. The Morgan fingerprint density at radius 3 is 2.13 bits per heavy atom. The Morgan fingerprint density at radius 1 is 0.926 bits per heavy atom. The topological polar surface area (TPSA) is 174 Å². The Balaban J connectivity index is 1.60. The molecule has 0 aromatic carbocycles. The highest BCUT2D eigenvalue weighted by Gasteiger charge is 2.57. The number of rotatable bonds is 14. The molecule has 302 valence electrons. The molecule has 13 nitrogen and oxygen atoms in total. The van der Waals surface area contributed by atoms with Crippen LogP contribution in [0.1, 0.15) is 126 Å². The lowest BCUT2D eigenvalue weighted by Crippen LogP contribution is -2.62. The number of hydrogen-bond donors (Lipinski definition) is 4. The molecule has 4 aliphatic rings. The number of carbonyl (C=O) groups excluding carboxylic acids is 7. The van der Waals surface area contributed by atoms with E-state index in [4.69, 9.17) is 0 Å². The highest BCUT2D eigenvalue weighted by molar-refractivity contribution is 6.38. The largest absolute Gasteiger partial charge is 0.346 e. The highest BCUT2D eigenvalue weighted by atomic mass is 16.2. The van der Waals surface area contributed by atoms with Crippen molar-refractivity contribution in [1.29, 1.82) is 0 Å². The van der Waals surface area contributed by atoms with Gasteiger partial charge in [-0.05, 0) is 66.1 Å². The van der Waals surface area contributed by atoms with Crippen LogP contribution in [0.4, 0.5) is 4.79 Å². The number of ketones is 1. The van der Waals surface area contributed by atoms with Crippen LogP contribution in [0.25, 0.3) is 0 Å². The molecule has 54 heavy (non-hydrogen) atoms. The van der Waals surface area contributed by atoms with E-state index in [1.807, 2.05) is 41.5 Å². The first kappa shape index (κ1) is 43.0. The van der Waals surface area contributed by atoms with E-state index in [1.54, 1.807) is 4.90 Å². The Hall–Kier alpha value is -3.77. The van der Waals surface area contributed by atoms with Gasteiger partial charge in [0, 0.05) is 32.5 Å². The number of nitrogens with one attached hydrogen (secondary N) is 4. The predicted octanol–water partition coefficient (Wildman–Crippen LogP) is 4.24. The molecule has 13 heteroatoms. The Labute approximate surface area is 321 Å². The minimum Gasteiger partial charge on any atom is -0.346 e. The van der Waals surface area contributed by atoms with E-state index >= 15 is 0 Å². The molecular weight excluding hydrogens is 688 g/mol. The molecule has 0 aromatic heterocycles. The van der Waals surface area contributed by atoms with Gasteiger partial charge in [-0.25, -0.2) is 4.79 Å². The zero-order valence-corrected chi connectivity index (χ0v) is 34.0. The van der Waals surface area contributed by atoms with Gasteiger partial charge < -0.3 is 26.2 Å². The first-order chi connectivity index (χ1) is 25.2. The number of amides is 7. The predicted molar refractivity (Wildman–Crippen MR) is 206 cm³/mol. The molecule has 4 N–H and O–H groups in total. The third-order valence-corrected chi connectivity index (χ3v) is 12.4. The first-order valence-corrected chi connectivity index (χ1v) is 20.1. The Bertz CT molecular complexity index is 1440. The molecule has 4 fully saturated rings. The molecule has 2 aliphatic heterocycles. The molecule has 2 saturated heterocycles. The van der Waals surface area contributed by atoms with Crippen LogP contribution in [0.5, 0.6) is 0 Å². The molecule has 0 bridgehead atoms. The van der Waals surface area contributed by atoms with Crippen LogP contribution in [0.2, 0.25) is 0 Å². The van der Waals surface area contributed by atoms with E-state index in [-0.39, 0.29) is 73.2 Å². The molecular formula is C41H66N6O7. The van der Waals surface area contributed by atoms with Crippen LogP contribution in [0, 0.1) is 34.0 Å². The smallest absolute Gasteiger partial charge is 0.315 e. The van der Waals surface area contributed by atoms with Gasteiger partial charge in [0.15, 0.2) is 0 Å². The van der Waals surface area contributed by atoms with E-state index in [1.165, 1.54) is 11.0 Å². The molecule has 4 rings (SSSR count). The SMILES string of the molecule is C=CCNC(=O)C(=O)C(CCC)NC(=O)[C@@H]1[C@H]2CCC(C)(C)[C@H]2CN1C(=O)[C@@H](NC(=O)N[C@H](CN1C(=O)CC(C)(C)CC1=O)C(C)(C)C)C1CCCCC1. The van der Waals surface area contributed by atoms with Crippen molar-refractivity contribution >= 4 is 41.4 Å². The lowest BCUT2D eigenvalue weighted by atomic mass is 9.79. The number of fused-ring (bicyclic) bond motifs is 1. The molecule has 0 spiro atoms. The third kappa shape index (κ3) is 10.1. The van der Waals surface area contributed by atoms with Gasteiger partial charge in [0.25, 0.3) is 5.91 Å². The first-order valence-electron chi connectivity index (χ1n) is 20.1. The molecule has 1 unspecified atom stereocenters. The van der Waals surface area contributed by atoms with Crippen LogP contribution < -0.4 is 21.3 Å². The number of hydrogen-bond acceptors (Lipinski definition) is 7. The van der Waals surface area contributed by atoms with E-state index in [2.05, 4.69) is 41.7 Å². The van der Waals surface area contributed by atoms with Crippen molar-refractivity contribution in [3.05, 3.63) is 12.7 Å². The van der Waals surface area contributed by atoms with Gasteiger partial charge in [-0.2, -0.15) is 0 Å². The molecule has 0 aromatic rings. The van der Waals surface area contributed by atoms with Crippen LogP contribution in [-0.2, 0) is 28.8 Å². The van der Waals surface area contributed by atoms with Crippen molar-refractivity contribution < 1.29 is 33.6 Å². The number of likely N-dealkylation sites (tertiary alicyclic amines) is 2. The summed E-state index contributed by atoms with van der Waals surface area (Å²) in [6, 6.07) is -4.01. The third-order valence-electron chi connectivity index (χ3n) is 12.4. The summed E-state index contributed by atoms with van der Waals surface area (Å²) in [5.41, 5.74) is -1.10. The van der Waals surface area contributed by atoms with Crippen LogP contribution in [-0.4, -0.2) is 95.0 Å². The minimum absolute atomic E-state index is 0.0166. The van der Waals surface area contributed by atoms with Crippen molar-refractivity contribution in [2.24, 2.45) is 34.0 Å². The van der Waals surface area contributed by atoms with E-state index in [0.717, 1.165) is 44.9 Å². The Morgan fingerprint density at radius 2 is 1.56 bits per heavy atom. The quantitative estimate of drug-likeness (QED) is 0.117. The number of urea groups is 1. The van der Waals surface area contributed by atoms with Crippen molar-refractivity contribution in [3.8, 4) is 0 Å². The molecule has 0 radical (unpaired) electrons. The van der Waals surface area contributed by atoms with Crippen molar-refractivity contribution in [2.45, 2.75) is 150 Å². The lowest BCUT2D eigenvalue weighted by Gasteiger charge is -2.40. The summed E-state index contributed by atoms with van der Waals surface area (Å²) >= 11 is 0. The number of Topliss-reactive ketones (excluding diaryl/α,β-unsaturated/α-hetero) is 1. The fourth-order valence-electron chi connectivity index (χ4n) is 9.11. The monoisotopic (exact) mass is 754 g/mol. The van der Waals surface area contributed by atoms with Crippen LogP contribution >= 0.6 is 0 Å². The summed E-state index contributed by atoms with van der Waals surface area (Å²) < 4.78 is 0. The minimum atomic E-state index is -1.05. The molecule has 2 aliphatic carbocycles. The number of carbonyl (C=O) groups is 7. The number of imide groups is 1. The maximum atomic E-state index is 14.9. The molecule has 7 amide bonds. The summed E-state index contributed by atoms with van der Waals surface area (Å²) in [7, 11) is 0. The van der Waals surface area contributed by atoms with Crippen LogP contribution in [0.3, 0.4) is 0 Å². The Kier molecular flexibility index (Phi) is 13.8. The maximum absolute atomic E-state index is 14.9. The maximum Gasteiger partial charge on any atom is 0.315 e.